The number of methoxy groups -OCH3 is 1. The number of nitrogens with one attached hydrogen (secondary N) is 4. The van der Waals surface area contributed by atoms with Gasteiger partial charge in [0.2, 0.25) is 27.7 Å². The van der Waals surface area contributed by atoms with E-state index in [2.05, 4.69) is 30.6 Å². The lowest BCUT2D eigenvalue weighted by Gasteiger charge is -2.32. The third-order valence-electron chi connectivity index (χ3n) is 8.37. The number of sulfonamides is 1. The first kappa shape index (κ1) is 41.9. The molecule has 0 aliphatic carbocycles. The smallest absolute Gasteiger partial charge is 0.408 e. The van der Waals surface area contributed by atoms with E-state index in [0.29, 0.717) is 17.0 Å². The van der Waals surface area contributed by atoms with Gasteiger partial charge in [0, 0.05) is 11.1 Å². The lowest BCUT2D eigenvalue weighted by Crippen LogP contribution is -2.55. The van der Waals surface area contributed by atoms with Crippen LogP contribution >= 0.6 is 0 Å². The summed E-state index contributed by atoms with van der Waals surface area (Å²) in [5.74, 6) is -1.91. The van der Waals surface area contributed by atoms with Crippen LogP contribution in [0.4, 0.5) is 10.5 Å². The van der Waals surface area contributed by atoms with Crippen molar-refractivity contribution >= 4 is 45.6 Å². The first-order valence-electron chi connectivity index (χ1n) is 18.0. The van der Waals surface area contributed by atoms with Gasteiger partial charge in [-0.3, -0.25) is 14.4 Å². The normalized spacial score (nSPS) is 16.9. The molecule has 2 bridgehead atoms. The Morgan fingerprint density at radius 3 is 2.26 bits per heavy atom. The second-order valence-electron chi connectivity index (χ2n) is 15.2. The van der Waals surface area contributed by atoms with Crippen LogP contribution in [0.1, 0.15) is 75.5 Å². The number of amides is 4. The number of aromatic nitrogens is 2. The molecule has 1 aromatic heterocycles. The zero-order valence-electron chi connectivity index (χ0n) is 32.7. The number of nitrogens with zero attached hydrogens (tertiary/aromatic N) is 2. The zero-order valence-corrected chi connectivity index (χ0v) is 33.5. The number of hydrogen-bond donors (Lipinski definition) is 4. The summed E-state index contributed by atoms with van der Waals surface area (Å²) in [6.07, 6.45) is 2.34. The molecule has 5 rings (SSSR count). The third-order valence-corrected chi connectivity index (χ3v) is 9.64. The van der Waals surface area contributed by atoms with Crippen LogP contribution in [0.25, 0.3) is 17.5 Å². The molecule has 4 aromatic rings. The van der Waals surface area contributed by atoms with Crippen LogP contribution in [0.15, 0.2) is 84.9 Å². The molecule has 16 heteroatoms. The summed E-state index contributed by atoms with van der Waals surface area (Å²) in [6.45, 7) is 10.3. The number of anilines is 1. The summed E-state index contributed by atoms with van der Waals surface area (Å²) in [4.78, 5) is 63.6. The molecule has 1 aliphatic heterocycles. The lowest BCUT2D eigenvalue weighted by atomic mass is 9.86. The summed E-state index contributed by atoms with van der Waals surface area (Å²) in [5, 5.41) is 8.12. The minimum atomic E-state index is -4.11. The van der Waals surface area contributed by atoms with Gasteiger partial charge in [0.25, 0.3) is 11.8 Å². The van der Waals surface area contributed by atoms with Crippen molar-refractivity contribution in [1.82, 2.24) is 25.3 Å². The van der Waals surface area contributed by atoms with Crippen molar-refractivity contribution in [1.29, 1.82) is 0 Å². The number of carbonyl (C=O) groups is 4. The van der Waals surface area contributed by atoms with E-state index in [9.17, 15) is 27.6 Å². The van der Waals surface area contributed by atoms with Crippen LogP contribution in [0.3, 0.4) is 0 Å². The maximum absolute atomic E-state index is 14.3. The van der Waals surface area contributed by atoms with E-state index < -0.39 is 62.7 Å². The van der Waals surface area contributed by atoms with Crippen LogP contribution in [0, 0.1) is 5.41 Å². The molecule has 15 nitrogen and oxygen atoms in total. The largest absolute Gasteiger partial charge is 0.481 e. The van der Waals surface area contributed by atoms with E-state index in [1.54, 1.807) is 78.0 Å². The van der Waals surface area contributed by atoms with Gasteiger partial charge in [0.05, 0.1) is 30.2 Å². The van der Waals surface area contributed by atoms with E-state index in [-0.39, 0.29) is 40.7 Å². The molecule has 0 saturated heterocycles. The van der Waals surface area contributed by atoms with Crippen molar-refractivity contribution in [3.63, 3.8) is 0 Å². The van der Waals surface area contributed by atoms with Gasteiger partial charge in [-0.05, 0) is 62.4 Å². The molecular weight excluding hydrogens is 753 g/mol. The number of alkyl carbamates (subject to hydrolysis) is 1. The van der Waals surface area contributed by atoms with Crippen LogP contribution in [-0.2, 0) is 24.3 Å². The standard InChI is InChI=1S/C41H46N6O9S/c1-40(2,3)34(46-39(51)56-41(4,5)6)38(50)45-33-27-20-21-30(55-32-24-31(54-7)43-35(44-32)25-15-9-8-10-16-25)26(23-27)17-13-14-22-57(52,53)47-36(48)28-18-11-12-19-29(28)42-37(33)49/h8-13,15-21,23-24,33-34H,14,22H2,1-7H3,(H,42,49)(H,45,50)(H,46,51)(H,47,48)/b17-13+/t33-,34+/m0/s1. The predicted octanol–water partition coefficient (Wildman–Crippen LogP) is 6.16. The first-order chi connectivity index (χ1) is 26.8. The molecular formula is C41H46N6O9S. The second kappa shape index (κ2) is 17.2. The fraction of sp³-hybridized carbons (Fsp3) is 0.317. The highest BCUT2D eigenvalue weighted by molar-refractivity contribution is 7.90. The molecule has 1 aliphatic rings. The van der Waals surface area contributed by atoms with Crippen LogP contribution in [0.2, 0.25) is 0 Å². The minimum Gasteiger partial charge on any atom is -0.481 e. The van der Waals surface area contributed by atoms with Gasteiger partial charge in [-0.15, -0.1) is 0 Å². The average molecular weight is 799 g/mol. The van der Waals surface area contributed by atoms with Crippen molar-refractivity contribution < 1.29 is 41.8 Å². The molecule has 0 radical (unpaired) electrons. The van der Waals surface area contributed by atoms with E-state index in [1.807, 2.05) is 30.3 Å². The Labute approximate surface area is 331 Å². The fourth-order valence-electron chi connectivity index (χ4n) is 5.66. The van der Waals surface area contributed by atoms with Crippen molar-refractivity contribution in [3.8, 4) is 28.9 Å². The summed E-state index contributed by atoms with van der Waals surface area (Å²) in [6, 6.07) is 18.7. The Morgan fingerprint density at radius 2 is 1.58 bits per heavy atom. The molecule has 2 atom stereocenters. The lowest BCUT2D eigenvalue weighted by molar-refractivity contribution is -0.129. The number of para-hydroxylation sites is 1. The number of carbonyl (C=O) groups excluding carboxylic acids is 4. The number of hydrogen-bond acceptors (Lipinski definition) is 11. The quantitative estimate of drug-likeness (QED) is 0.167. The maximum Gasteiger partial charge on any atom is 0.408 e. The highest BCUT2D eigenvalue weighted by Crippen LogP contribution is 2.32. The number of allylic oxidation sites excluding steroid dienone is 1. The Balaban J connectivity index is 1.61. The van der Waals surface area contributed by atoms with E-state index in [0.717, 1.165) is 0 Å². The number of benzene rings is 3. The Morgan fingerprint density at radius 1 is 0.895 bits per heavy atom. The molecule has 0 saturated carbocycles. The van der Waals surface area contributed by atoms with Crippen molar-refractivity contribution in [2.75, 3.05) is 18.2 Å². The average Bonchev–Trinajstić information content (AvgIpc) is 3.14. The van der Waals surface area contributed by atoms with Crippen molar-refractivity contribution in [3.05, 3.63) is 102 Å². The van der Waals surface area contributed by atoms with Crippen LogP contribution < -0.4 is 30.1 Å². The predicted molar refractivity (Wildman–Crippen MR) is 214 cm³/mol. The monoisotopic (exact) mass is 798 g/mol. The number of rotatable bonds is 7. The molecule has 57 heavy (non-hydrogen) atoms. The summed E-state index contributed by atoms with van der Waals surface area (Å²) < 4.78 is 45.1. The zero-order chi connectivity index (χ0) is 41.5. The van der Waals surface area contributed by atoms with Gasteiger partial charge >= 0.3 is 6.09 Å². The van der Waals surface area contributed by atoms with Gasteiger partial charge in [0.1, 0.15) is 23.4 Å². The minimum absolute atomic E-state index is 0.00560. The van der Waals surface area contributed by atoms with Gasteiger partial charge in [-0.2, -0.15) is 9.97 Å². The summed E-state index contributed by atoms with van der Waals surface area (Å²) in [5.41, 5.74) is -0.446. The molecule has 300 valence electrons. The Bertz CT molecular complexity index is 2280. The molecule has 0 unspecified atom stereocenters. The Hall–Kier alpha value is -6.29. The van der Waals surface area contributed by atoms with E-state index >= 15 is 0 Å². The van der Waals surface area contributed by atoms with Crippen molar-refractivity contribution in [2.45, 2.75) is 65.6 Å². The number of ether oxygens (including phenoxy) is 3. The van der Waals surface area contributed by atoms with Crippen molar-refractivity contribution in [2.24, 2.45) is 5.41 Å². The maximum atomic E-state index is 14.3. The summed E-state index contributed by atoms with van der Waals surface area (Å²) in [7, 11) is -2.65. The van der Waals surface area contributed by atoms with Gasteiger partial charge in [0.15, 0.2) is 5.82 Å². The van der Waals surface area contributed by atoms with Gasteiger partial charge < -0.3 is 30.2 Å². The highest BCUT2D eigenvalue weighted by Gasteiger charge is 2.37. The van der Waals surface area contributed by atoms with Crippen LogP contribution in [0.5, 0.6) is 17.5 Å². The SMILES string of the molecule is COc1cc(Oc2ccc3cc2/C=C/CCS(=O)(=O)NC(=O)c2ccccc2NC(=O)[C@H]3NC(=O)[C@@H](NC(=O)OC(C)(C)C)C(C)(C)C)nc(-c2ccccc2)n1. The van der Waals surface area contributed by atoms with E-state index in [4.69, 9.17) is 14.2 Å². The van der Waals surface area contributed by atoms with Gasteiger partial charge in [-0.1, -0.05) is 81.5 Å². The van der Waals surface area contributed by atoms with Crippen LogP contribution in [-0.4, -0.2) is 66.7 Å². The number of fused-ring (bicyclic) bond motifs is 3. The Kier molecular flexibility index (Phi) is 12.7. The first-order valence-corrected chi connectivity index (χ1v) is 19.7. The second-order valence-corrected chi connectivity index (χ2v) is 17.0. The third kappa shape index (κ3) is 11.4. The molecule has 2 heterocycles. The highest BCUT2D eigenvalue weighted by atomic mass is 32.2. The summed E-state index contributed by atoms with van der Waals surface area (Å²) >= 11 is 0. The van der Waals surface area contributed by atoms with E-state index in [1.165, 1.54) is 31.4 Å². The van der Waals surface area contributed by atoms with Gasteiger partial charge in [-0.25, -0.2) is 17.9 Å². The topological polar surface area (TPSA) is 204 Å². The molecule has 0 fully saturated rings. The molecule has 4 amide bonds. The molecule has 3 aromatic carbocycles. The molecule has 0 spiro atoms. The molecule has 4 N–H and O–H groups in total. The fourth-order valence-corrected chi connectivity index (χ4v) is 6.60.